The number of aromatic amines is 1. The van der Waals surface area contributed by atoms with Crippen molar-refractivity contribution in [1.82, 2.24) is 15.0 Å². The molecule has 1 aromatic carbocycles. The minimum absolute atomic E-state index is 0.575. The molecule has 0 aliphatic carbocycles. The molecule has 0 aliphatic rings. The number of H-pyrrole nitrogens is 1. The van der Waals surface area contributed by atoms with Gasteiger partial charge in [-0.1, -0.05) is 17.7 Å². The average Bonchev–Trinajstić information content (AvgIpc) is 2.83. The summed E-state index contributed by atoms with van der Waals surface area (Å²) in [5.41, 5.74) is 5.10. The molecule has 4 nitrogen and oxygen atoms in total. The van der Waals surface area contributed by atoms with E-state index in [1.54, 1.807) is 7.11 Å². The molecule has 96 valence electrons. The zero-order chi connectivity index (χ0) is 13.4. The second-order valence-corrected chi connectivity index (χ2v) is 4.63. The number of fused-ring (bicyclic) bond motifs is 1. The van der Waals surface area contributed by atoms with E-state index in [9.17, 15) is 0 Å². The summed E-state index contributed by atoms with van der Waals surface area (Å²) in [6.07, 6.45) is 0. The van der Waals surface area contributed by atoms with Crippen LogP contribution < -0.4 is 4.74 Å². The lowest BCUT2D eigenvalue weighted by atomic mass is 10.1. The lowest BCUT2D eigenvalue weighted by Gasteiger charge is -2.03. The number of nitrogens with one attached hydrogen (secondary N) is 1. The first-order valence-corrected chi connectivity index (χ1v) is 6.16. The molecule has 0 amide bonds. The molecule has 0 spiro atoms. The molecule has 0 atom stereocenters. The molecule has 2 aromatic heterocycles. The highest BCUT2D eigenvalue weighted by Crippen LogP contribution is 2.24. The molecule has 0 aliphatic heterocycles. The Bertz CT molecular complexity index is 746. The second-order valence-electron chi connectivity index (χ2n) is 4.63. The SMILES string of the molecule is COc1ccc2[nH]c(-c3cc(C)ccc3C)nc2n1. The highest BCUT2D eigenvalue weighted by molar-refractivity contribution is 5.77. The maximum Gasteiger partial charge on any atom is 0.215 e. The topological polar surface area (TPSA) is 50.8 Å². The summed E-state index contributed by atoms with van der Waals surface area (Å²) in [4.78, 5) is 12.2. The highest BCUT2D eigenvalue weighted by Gasteiger charge is 2.09. The molecule has 2 heterocycles. The van der Waals surface area contributed by atoms with Crippen molar-refractivity contribution < 1.29 is 4.74 Å². The van der Waals surface area contributed by atoms with Gasteiger partial charge < -0.3 is 9.72 Å². The van der Waals surface area contributed by atoms with Gasteiger partial charge in [-0.05, 0) is 31.5 Å². The van der Waals surface area contributed by atoms with Crippen molar-refractivity contribution in [2.24, 2.45) is 0 Å². The fraction of sp³-hybridized carbons (Fsp3) is 0.200. The summed E-state index contributed by atoms with van der Waals surface area (Å²) in [5.74, 6) is 1.42. The van der Waals surface area contributed by atoms with E-state index >= 15 is 0 Å². The van der Waals surface area contributed by atoms with Crippen LogP contribution in [0.1, 0.15) is 11.1 Å². The van der Waals surface area contributed by atoms with E-state index < -0.39 is 0 Å². The Morgan fingerprint density at radius 2 is 1.89 bits per heavy atom. The van der Waals surface area contributed by atoms with Gasteiger partial charge in [0, 0.05) is 11.6 Å². The zero-order valence-corrected chi connectivity index (χ0v) is 11.2. The van der Waals surface area contributed by atoms with E-state index in [1.165, 1.54) is 11.1 Å². The highest BCUT2D eigenvalue weighted by atomic mass is 16.5. The van der Waals surface area contributed by atoms with Gasteiger partial charge in [-0.25, -0.2) is 4.98 Å². The molecular formula is C15H15N3O. The molecule has 0 bridgehead atoms. The number of rotatable bonds is 2. The Morgan fingerprint density at radius 3 is 2.68 bits per heavy atom. The number of hydrogen-bond donors (Lipinski definition) is 1. The normalized spacial score (nSPS) is 10.9. The average molecular weight is 253 g/mol. The third-order valence-electron chi connectivity index (χ3n) is 3.18. The third-order valence-corrected chi connectivity index (χ3v) is 3.18. The number of benzene rings is 1. The molecular weight excluding hydrogens is 238 g/mol. The van der Waals surface area contributed by atoms with E-state index in [1.807, 2.05) is 12.1 Å². The van der Waals surface area contributed by atoms with Crippen molar-refractivity contribution in [3.63, 3.8) is 0 Å². The van der Waals surface area contributed by atoms with E-state index in [0.29, 0.717) is 11.5 Å². The summed E-state index contributed by atoms with van der Waals surface area (Å²) in [6, 6.07) is 10.1. The van der Waals surface area contributed by atoms with Crippen LogP contribution in [0.3, 0.4) is 0 Å². The van der Waals surface area contributed by atoms with Gasteiger partial charge in [0.15, 0.2) is 5.65 Å². The van der Waals surface area contributed by atoms with Crippen LogP contribution in [0.2, 0.25) is 0 Å². The Labute approximate surface area is 111 Å². The van der Waals surface area contributed by atoms with Crippen LogP contribution in [0.25, 0.3) is 22.6 Å². The molecule has 1 N–H and O–H groups in total. The van der Waals surface area contributed by atoms with Crippen molar-refractivity contribution in [1.29, 1.82) is 0 Å². The number of aromatic nitrogens is 3. The van der Waals surface area contributed by atoms with Gasteiger partial charge in [0.05, 0.1) is 12.6 Å². The van der Waals surface area contributed by atoms with Crippen LogP contribution in [0, 0.1) is 13.8 Å². The molecule has 0 radical (unpaired) electrons. The summed E-state index contributed by atoms with van der Waals surface area (Å²) in [5, 5.41) is 0. The number of ether oxygens (including phenoxy) is 1. The first kappa shape index (κ1) is 11.7. The Kier molecular flexibility index (Phi) is 2.71. The maximum atomic E-state index is 5.12. The Hall–Kier alpha value is -2.36. The molecule has 0 unspecified atom stereocenters. The van der Waals surface area contributed by atoms with Crippen molar-refractivity contribution in [2.75, 3.05) is 7.11 Å². The van der Waals surface area contributed by atoms with Gasteiger partial charge in [-0.15, -0.1) is 0 Å². The number of imidazole rings is 1. The molecule has 3 rings (SSSR count). The quantitative estimate of drug-likeness (QED) is 0.762. The van der Waals surface area contributed by atoms with Crippen LogP contribution in [0.15, 0.2) is 30.3 Å². The minimum Gasteiger partial charge on any atom is -0.481 e. The largest absolute Gasteiger partial charge is 0.481 e. The van der Waals surface area contributed by atoms with Crippen LogP contribution in [-0.2, 0) is 0 Å². The monoisotopic (exact) mass is 253 g/mol. The lowest BCUT2D eigenvalue weighted by molar-refractivity contribution is 0.399. The van der Waals surface area contributed by atoms with E-state index in [2.05, 4.69) is 47.0 Å². The van der Waals surface area contributed by atoms with Crippen molar-refractivity contribution in [3.8, 4) is 17.3 Å². The maximum absolute atomic E-state index is 5.12. The minimum atomic E-state index is 0.575. The van der Waals surface area contributed by atoms with Crippen molar-refractivity contribution >= 4 is 11.2 Å². The number of aryl methyl sites for hydroxylation is 2. The molecule has 19 heavy (non-hydrogen) atoms. The first-order valence-electron chi connectivity index (χ1n) is 6.16. The van der Waals surface area contributed by atoms with Crippen LogP contribution in [0.4, 0.5) is 0 Å². The first-order chi connectivity index (χ1) is 9.17. The molecule has 0 saturated heterocycles. The predicted octanol–water partition coefficient (Wildman–Crippen LogP) is 3.25. The van der Waals surface area contributed by atoms with E-state index in [0.717, 1.165) is 16.9 Å². The lowest BCUT2D eigenvalue weighted by Crippen LogP contribution is -1.87. The van der Waals surface area contributed by atoms with Crippen molar-refractivity contribution in [2.45, 2.75) is 13.8 Å². The molecule has 3 aromatic rings. The summed E-state index contributed by atoms with van der Waals surface area (Å²) in [7, 11) is 1.60. The number of methoxy groups -OCH3 is 1. The summed E-state index contributed by atoms with van der Waals surface area (Å²) < 4.78 is 5.12. The molecule has 0 fully saturated rings. The standard InChI is InChI=1S/C15H15N3O/c1-9-4-5-10(2)11(8-9)14-16-12-6-7-13(19-3)17-15(12)18-14/h4-8H,1-3H3,(H,16,17,18). The van der Waals surface area contributed by atoms with E-state index in [4.69, 9.17) is 4.74 Å². The molecule has 0 saturated carbocycles. The third kappa shape index (κ3) is 2.05. The summed E-state index contributed by atoms with van der Waals surface area (Å²) >= 11 is 0. The van der Waals surface area contributed by atoms with Crippen LogP contribution in [0.5, 0.6) is 5.88 Å². The van der Waals surface area contributed by atoms with Gasteiger partial charge in [-0.2, -0.15) is 4.98 Å². The van der Waals surface area contributed by atoms with Gasteiger partial charge in [0.25, 0.3) is 0 Å². The van der Waals surface area contributed by atoms with Gasteiger partial charge >= 0.3 is 0 Å². The van der Waals surface area contributed by atoms with Crippen LogP contribution in [-0.4, -0.2) is 22.1 Å². The fourth-order valence-electron chi connectivity index (χ4n) is 2.11. The predicted molar refractivity (Wildman–Crippen MR) is 75.4 cm³/mol. The second kappa shape index (κ2) is 4.39. The van der Waals surface area contributed by atoms with Gasteiger partial charge in [-0.3, -0.25) is 0 Å². The number of nitrogens with zero attached hydrogens (tertiary/aromatic N) is 2. The van der Waals surface area contributed by atoms with Crippen molar-refractivity contribution in [3.05, 3.63) is 41.5 Å². The van der Waals surface area contributed by atoms with Gasteiger partial charge in [0.1, 0.15) is 5.82 Å². The summed E-state index contributed by atoms with van der Waals surface area (Å²) in [6.45, 7) is 4.16. The van der Waals surface area contributed by atoms with Gasteiger partial charge in [0.2, 0.25) is 5.88 Å². The smallest absolute Gasteiger partial charge is 0.215 e. The number of hydrogen-bond acceptors (Lipinski definition) is 3. The van der Waals surface area contributed by atoms with E-state index in [-0.39, 0.29) is 0 Å². The Balaban J connectivity index is 2.17. The fourth-order valence-corrected chi connectivity index (χ4v) is 2.11. The van der Waals surface area contributed by atoms with Crippen LogP contribution >= 0.6 is 0 Å². The molecule has 4 heteroatoms. The Morgan fingerprint density at radius 1 is 1.05 bits per heavy atom. The zero-order valence-electron chi connectivity index (χ0n) is 11.2. The number of pyridine rings is 1.